The Hall–Kier alpha value is -0.520. The van der Waals surface area contributed by atoms with Crippen LogP contribution in [0.4, 0.5) is 0 Å². The lowest BCUT2D eigenvalue weighted by molar-refractivity contribution is 0.662. The van der Waals surface area contributed by atoms with Gasteiger partial charge in [-0.05, 0) is 12.8 Å². The van der Waals surface area contributed by atoms with Gasteiger partial charge < -0.3 is 0 Å². The van der Waals surface area contributed by atoms with Gasteiger partial charge >= 0.3 is 0 Å². The lowest BCUT2D eigenvalue weighted by Gasteiger charge is -2.22. The van der Waals surface area contributed by atoms with E-state index in [2.05, 4.69) is 19.6 Å². The molecule has 0 saturated carbocycles. The lowest BCUT2D eigenvalue weighted by Crippen LogP contribution is -2.07. The Bertz CT molecular complexity index is 120. The van der Waals surface area contributed by atoms with E-state index in [0.29, 0.717) is 0 Å². The molecule has 0 heterocycles. The highest BCUT2D eigenvalue weighted by Gasteiger charge is 2.14. The molecule has 0 bridgehead atoms. The summed E-state index contributed by atoms with van der Waals surface area (Å²) in [6, 6.07) is 0. The van der Waals surface area contributed by atoms with E-state index >= 15 is 0 Å². The molecule has 0 aromatic carbocycles. The highest BCUT2D eigenvalue weighted by Crippen LogP contribution is 2.29. The van der Waals surface area contributed by atoms with Gasteiger partial charge in [-0.15, -0.1) is 6.58 Å². The molecule has 0 radical (unpaired) electrons. The molecule has 1 atom stereocenters. The SMILES string of the molecule is C=CC1CC=C1CC. The van der Waals surface area contributed by atoms with Gasteiger partial charge in [0.25, 0.3) is 0 Å². The first-order valence-corrected chi connectivity index (χ1v) is 3.20. The molecular formula is C8H12. The van der Waals surface area contributed by atoms with Crippen LogP contribution in [0.1, 0.15) is 19.8 Å². The fourth-order valence-electron chi connectivity index (χ4n) is 1.07. The Balaban J connectivity index is 2.46. The molecule has 1 aliphatic carbocycles. The molecule has 0 amide bonds. The second-order valence-electron chi connectivity index (χ2n) is 2.21. The summed E-state index contributed by atoms with van der Waals surface area (Å²) in [4.78, 5) is 0. The fourth-order valence-corrected chi connectivity index (χ4v) is 1.07. The Morgan fingerprint density at radius 3 is 2.88 bits per heavy atom. The topological polar surface area (TPSA) is 0 Å². The van der Waals surface area contributed by atoms with Crippen molar-refractivity contribution in [3.63, 3.8) is 0 Å². The fraction of sp³-hybridized carbons (Fsp3) is 0.500. The predicted molar refractivity (Wildman–Crippen MR) is 36.7 cm³/mol. The maximum absolute atomic E-state index is 3.74. The van der Waals surface area contributed by atoms with Gasteiger partial charge in [0.05, 0.1) is 0 Å². The second kappa shape index (κ2) is 2.17. The van der Waals surface area contributed by atoms with Gasteiger partial charge in [0.15, 0.2) is 0 Å². The quantitative estimate of drug-likeness (QED) is 0.477. The van der Waals surface area contributed by atoms with E-state index in [4.69, 9.17) is 0 Å². The van der Waals surface area contributed by atoms with Crippen molar-refractivity contribution in [3.8, 4) is 0 Å². The van der Waals surface area contributed by atoms with Crippen LogP contribution in [-0.2, 0) is 0 Å². The van der Waals surface area contributed by atoms with Gasteiger partial charge in [-0.2, -0.15) is 0 Å². The Labute approximate surface area is 50.9 Å². The standard InChI is InChI=1S/C8H12/c1-3-7-5-6-8(7)4-2/h3,6-7H,1,4-5H2,2H3. The van der Waals surface area contributed by atoms with Crippen LogP contribution >= 0.6 is 0 Å². The molecule has 0 fully saturated rings. The molecule has 0 N–H and O–H groups in total. The molecule has 0 saturated heterocycles. The van der Waals surface area contributed by atoms with Gasteiger partial charge in [0.1, 0.15) is 0 Å². The first-order valence-electron chi connectivity index (χ1n) is 3.20. The lowest BCUT2D eigenvalue weighted by atomic mass is 9.83. The van der Waals surface area contributed by atoms with Crippen LogP contribution in [0.3, 0.4) is 0 Å². The van der Waals surface area contributed by atoms with Crippen molar-refractivity contribution >= 4 is 0 Å². The molecule has 1 unspecified atom stereocenters. The first-order chi connectivity index (χ1) is 3.88. The van der Waals surface area contributed by atoms with Crippen LogP contribution in [0.2, 0.25) is 0 Å². The van der Waals surface area contributed by atoms with Crippen molar-refractivity contribution in [1.82, 2.24) is 0 Å². The molecule has 1 aliphatic rings. The molecule has 8 heavy (non-hydrogen) atoms. The van der Waals surface area contributed by atoms with Crippen molar-refractivity contribution in [1.29, 1.82) is 0 Å². The van der Waals surface area contributed by atoms with Crippen LogP contribution in [0, 0.1) is 5.92 Å². The zero-order valence-electron chi connectivity index (χ0n) is 5.35. The predicted octanol–water partition coefficient (Wildman–Crippen LogP) is 2.53. The number of allylic oxidation sites excluding steroid dienone is 3. The molecule has 0 spiro atoms. The van der Waals surface area contributed by atoms with E-state index in [1.165, 1.54) is 12.8 Å². The van der Waals surface area contributed by atoms with E-state index < -0.39 is 0 Å². The van der Waals surface area contributed by atoms with Crippen LogP contribution in [0.5, 0.6) is 0 Å². The van der Waals surface area contributed by atoms with Crippen molar-refractivity contribution in [2.45, 2.75) is 19.8 Å². The Kier molecular flexibility index (Phi) is 1.52. The summed E-state index contributed by atoms with van der Waals surface area (Å²) in [5.74, 6) is 0.722. The molecule has 0 aliphatic heterocycles. The van der Waals surface area contributed by atoms with Crippen molar-refractivity contribution in [2.24, 2.45) is 5.92 Å². The average molecular weight is 108 g/mol. The maximum Gasteiger partial charge on any atom is 0.000855 e. The van der Waals surface area contributed by atoms with Gasteiger partial charge in [-0.3, -0.25) is 0 Å². The minimum Gasteiger partial charge on any atom is -0.102 e. The minimum absolute atomic E-state index is 0.722. The highest BCUT2D eigenvalue weighted by atomic mass is 14.2. The summed E-state index contributed by atoms with van der Waals surface area (Å²) in [7, 11) is 0. The van der Waals surface area contributed by atoms with E-state index in [0.717, 1.165) is 5.92 Å². The van der Waals surface area contributed by atoms with Crippen molar-refractivity contribution < 1.29 is 0 Å². The summed E-state index contributed by atoms with van der Waals surface area (Å²) in [6.07, 6.45) is 6.77. The summed E-state index contributed by atoms with van der Waals surface area (Å²) >= 11 is 0. The zero-order valence-corrected chi connectivity index (χ0v) is 5.35. The van der Waals surface area contributed by atoms with Crippen LogP contribution < -0.4 is 0 Å². The third-order valence-electron chi connectivity index (χ3n) is 1.80. The number of hydrogen-bond donors (Lipinski definition) is 0. The van der Waals surface area contributed by atoms with Crippen molar-refractivity contribution in [3.05, 3.63) is 24.3 Å². The average Bonchev–Trinajstić information content (AvgIpc) is 1.66. The smallest absolute Gasteiger partial charge is 0.000855 e. The van der Waals surface area contributed by atoms with E-state index in [9.17, 15) is 0 Å². The van der Waals surface area contributed by atoms with Gasteiger partial charge in [-0.25, -0.2) is 0 Å². The van der Waals surface area contributed by atoms with Crippen molar-refractivity contribution in [2.75, 3.05) is 0 Å². The highest BCUT2D eigenvalue weighted by molar-refractivity contribution is 5.22. The monoisotopic (exact) mass is 108 g/mol. The van der Waals surface area contributed by atoms with E-state index in [1.807, 2.05) is 6.08 Å². The summed E-state index contributed by atoms with van der Waals surface area (Å²) in [5.41, 5.74) is 1.57. The molecular weight excluding hydrogens is 96.1 g/mol. The number of rotatable bonds is 2. The molecule has 0 aromatic heterocycles. The Morgan fingerprint density at radius 1 is 2.00 bits per heavy atom. The van der Waals surface area contributed by atoms with Crippen LogP contribution in [0.15, 0.2) is 24.3 Å². The van der Waals surface area contributed by atoms with Gasteiger partial charge in [0.2, 0.25) is 0 Å². The number of hydrogen-bond acceptors (Lipinski definition) is 0. The summed E-state index contributed by atoms with van der Waals surface area (Å²) in [5, 5.41) is 0. The van der Waals surface area contributed by atoms with Gasteiger partial charge in [-0.1, -0.05) is 24.6 Å². The van der Waals surface area contributed by atoms with Crippen LogP contribution in [0.25, 0.3) is 0 Å². The first kappa shape index (κ1) is 5.61. The van der Waals surface area contributed by atoms with E-state index in [-0.39, 0.29) is 0 Å². The summed E-state index contributed by atoms with van der Waals surface area (Å²) < 4.78 is 0. The maximum atomic E-state index is 3.74. The molecule has 0 aromatic rings. The van der Waals surface area contributed by atoms with Crippen LogP contribution in [-0.4, -0.2) is 0 Å². The van der Waals surface area contributed by atoms with E-state index in [1.54, 1.807) is 5.57 Å². The molecule has 44 valence electrons. The minimum atomic E-state index is 0.722. The largest absolute Gasteiger partial charge is 0.102 e. The molecule has 0 heteroatoms. The molecule has 1 rings (SSSR count). The summed E-state index contributed by atoms with van der Waals surface area (Å²) in [6.45, 7) is 5.94. The third-order valence-corrected chi connectivity index (χ3v) is 1.80. The Morgan fingerprint density at radius 2 is 2.75 bits per heavy atom. The molecule has 0 nitrogen and oxygen atoms in total. The second-order valence-corrected chi connectivity index (χ2v) is 2.21. The van der Waals surface area contributed by atoms with Gasteiger partial charge in [0, 0.05) is 5.92 Å². The normalized spacial score (nSPS) is 26.1. The third kappa shape index (κ3) is 0.706. The zero-order chi connectivity index (χ0) is 5.98.